The van der Waals surface area contributed by atoms with Gasteiger partial charge in [-0.25, -0.2) is 8.42 Å². The summed E-state index contributed by atoms with van der Waals surface area (Å²) in [7, 11) is -2.42. The average Bonchev–Trinajstić information content (AvgIpc) is 2.82. The first-order valence-corrected chi connectivity index (χ1v) is 12.6. The van der Waals surface area contributed by atoms with Gasteiger partial charge in [0.25, 0.3) is 10.0 Å². The highest BCUT2D eigenvalue weighted by molar-refractivity contribution is 7.92. The van der Waals surface area contributed by atoms with E-state index in [4.69, 9.17) is 4.74 Å². The maximum atomic E-state index is 13.4. The predicted molar refractivity (Wildman–Crippen MR) is 136 cm³/mol. The van der Waals surface area contributed by atoms with Gasteiger partial charge in [0, 0.05) is 0 Å². The molecule has 34 heavy (non-hydrogen) atoms. The van der Waals surface area contributed by atoms with Gasteiger partial charge in [0.05, 0.1) is 23.7 Å². The Kier molecular flexibility index (Phi) is 7.67. The lowest BCUT2D eigenvalue weighted by atomic mass is 9.86. The van der Waals surface area contributed by atoms with Gasteiger partial charge in [-0.1, -0.05) is 63.2 Å². The Hall–Kier alpha value is -3.32. The second-order valence-corrected chi connectivity index (χ2v) is 11.0. The largest absolute Gasteiger partial charge is 0.497 e. The first-order valence-electron chi connectivity index (χ1n) is 11.1. The second-order valence-electron chi connectivity index (χ2n) is 9.18. The lowest BCUT2D eigenvalue weighted by molar-refractivity contribution is -0.120. The molecular weight excluding hydrogens is 448 g/mol. The van der Waals surface area contributed by atoms with Crippen molar-refractivity contribution in [1.82, 2.24) is 5.32 Å². The molecule has 3 aromatic carbocycles. The summed E-state index contributed by atoms with van der Waals surface area (Å²) >= 11 is 0. The number of carbonyl (C=O) groups is 1. The molecular formula is C27H32N2O4S. The minimum absolute atomic E-state index is 0.0374. The summed E-state index contributed by atoms with van der Waals surface area (Å²) in [5, 5.41) is 2.93. The van der Waals surface area contributed by atoms with Crippen molar-refractivity contribution in [2.45, 2.75) is 44.0 Å². The molecule has 7 heteroatoms. The van der Waals surface area contributed by atoms with Gasteiger partial charge in [-0.05, 0) is 59.9 Å². The fraction of sp³-hybridized carbons (Fsp3) is 0.296. The van der Waals surface area contributed by atoms with Crippen LogP contribution in [0.5, 0.6) is 5.75 Å². The van der Waals surface area contributed by atoms with Crippen LogP contribution in [0.4, 0.5) is 5.69 Å². The smallest absolute Gasteiger partial charge is 0.264 e. The Morgan fingerprint density at radius 1 is 0.941 bits per heavy atom. The quantitative estimate of drug-likeness (QED) is 0.489. The Bertz CT molecular complexity index is 1200. The van der Waals surface area contributed by atoms with Gasteiger partial charge in [-0.3, -0.25) is 9.10 Å². The van der Waals surface area contributed by atoms with Gasteiger partial charge in [0.1, 0.15) is 12.3 Å². The molecule has 0 saturated heterocycles. The minimum Gasteiger partial charge on any atom is -0.497 e. The van der Waals surface area contributed by atoms with Crippen LogP contribution in [-0.4, -0.2) is 28.0 Å². The van der Waals surface area contributed by atoms with Crippen LogP contribution in [-0.2, 0) is 20.2 Å². The molecule has 0 bridgehead atoms. The molecule has 3 rings (SSSR count). The zero-order chi connectivity index (χ0) is 24.9. The van der Waals surface area contributed by atoms with E-state index in [0.29, 0.717) is 11.4 Å². The summed E-state index contributed by atoms with van der Waals surface area (Å²) in [6, 6.07) is 22.5. The SMILES string of the molecule is COc1ccc(N(CC(=O)N[C@@H](C)c2ccc(C(C)(C)C)cc2)S(=O)(=O)c2ccccc2)cc1. The third kappa shape index (κ3) is 5.97. The fourth-order valence-electron chi connectivity index (χ4n) is 3.56. The number of ether oxygens (including phenoxy) is 1. The first kappa shape index (κ1) is 25.3. The average molecular weight is 481 g/mol. The number of methoxy groups -OCH3 is 1. The van der Waals surface area contributed by atoms with Crippen LogP contribution in [0.3, 0.4) is 0 Å². The van der Waals surface area contributed by atoms with Crippen molar-refractivity contribution in [3.8, 4) is 5.75 Å². The number of benzene rings is 3. The van der Waals surface area contributed by atoms with E-state index in [1.165, 1.54) is 24.8 Å². The zero-order valence-electron chi connectivity index (χ0n) is 20.3. The highest BCUT2D eigenvalue weighted by Gasteiger charge is 2.27. The Morgan fingerprint density at radius 2 is 1.53 bits per heavy atom. The highest BCUT2D eigenvalue weighted by Crippen LogP contribution is 2.26. The summed E-state index contributed by atoms with van der Waals surface area (Å²) in [5.41, 5.74) is 2.56. The van der Waals surface area contributed by atoms with Crippen molar-refractivity contribution in [2.24, 2.45) is 0 Å². The van der Waals surface area contributed by atoms with Crippen molar-refractivity contribution in [3.05, 3.63) is 90.0 Å². The van der Waals surface area contributed by atoms with E-state index in [1.807, 2.05) is 19.1 Å². The molecule has 6 nitrogen and oxygen atoms in total. The third-order valence-corrected chi connectivity index (χ3v) is 7.42. The normalized spacial score (nSPS) is 12.6. The molecule has 0 aliphatic heterocycles. The van der Waals surface area contributed by atoms with Crippen molar-refractivity contribution in [3.63, 3.8) is 0 Å². The van der Waals surface area contributed by atoms with E-state index >= 15 is 0 Å². The van der Waals surface area contributed by atoms with Crippen molar-refractivity contribution >= 4 is 21.6 Å². The van der Waals surface area contributed by atoms with Crippen molar-refractivity contribution in [2.75, 3.05) is 18.0 Å². The molecule has 0 heterocycles. The molecule has 0 aliphatic carbocycles. The fourth-order valence-corrected chi connectivity index (χ4v) is 5.00. The number of amides is 1. The van der Waals surface area contributed by atoms with Gasteiger partial charge in [-0.15, -0.1) is 0 Å². The molecule has 0 saturated carbocycles. The summed E-state index contributed by atoms with van der Waals surface area (Å²) in [4.78, 5) is 13.1. The summed E-state index contributed by atoms with van der Waals surface area (Å²) < 4.78 is 33.2. The third-order valence-electron chi connectivity index (χ3n) is 5.63. The van der Waals surface area contributed by atoms with Crippen LogP contribution in [0, 0.1) is 0 Å². The number of rotatable bonds is 8. The maximum Gasteiger partial charge on any atom is 0.264 e. The lowest BCUT2D eigenvalue weighted by Gasteiger charge is -2.25. The number of hydrogen-bond acceptors (Lipinski definition) is 4. The zero-order valence-corrected chi connectivity index (χ0v) is 21.1. The van der Waals surface area contributed by atoms with Crippen molar-refractivity contribution in [1.29, 1.82) is 0 Å². The molecule has 0 radical (unpaired) electrons. The topological polar surface area (TPSA) is 75.7 Å². The lowest BCUT2D eigenvalue weighted by Crippen LogP contribution is -2.41. The van der Waals surface area contributed by atoms with Crippen LogP contribution in [0.15, 0.2) is 83.8 Å². The number of hydrogen-bond donors (Lipinski definition) is 1. The predicted octanol–water partition coefficient (Wildman–Crippen LogP) is 5.07. The van der Waals surface area contributed by atoms with E-state index in [-0.39, 0.29) is 22.9 Å². The Morgan fingerprint density at radius 3 is 2.06 bits per heavy atom. The highest BCUT2D eigenvalue weighted by atomic mass is 32.2. The molecule has 180 valence electrons. The van der Waals surface area contributed by atoms with Crippen LogP contribution < -0.4 is 14.4 Å². The number of nitrogens with zero attached hydrogens (tertiary/aromatic N) is 1. The van der Waals surface area contributed by atoms with E-state index in [2.05, 4.69) is 38.2 Å². The number of carbonyl (C=O) groups excluding carboxylic acids is 1. The van der Waals surface area contributed by atoms with E-state index < -0.39 is 15.9 Å². The maximum absolute atomic E-state index is 13.4. The minimum atomic E-state index is -3.96. The molecule has 0 spiro atoms. The Balaban J connectivity index is 1.83. The summed E-state index contributed by atoms with van der Waals surface area (Å²) in [5.74, 6) is 0.195. The van der Waals surface area contributed by atoms with E-state index in [0.717, 1.165) is 9.87 Å². The summed E-state index contributed by atoms with van der Waals surface area (Å²) in [6.45, 7) is 7.97. The summed E-state index contributed by atoms with van der Waals surface area (Å²) in [6.07, 6.45) is 0. The molecule has 0 aromatic heterocycles. The van der Waals surface area contributed by atoms with E-state index in [9.17, 15) is 13.2 Å². The van der Waals surface area contributed by atoms with Gasteiger partial charge in [-0.2, -0.15) is 0 Å². The molecule has 0 fully saturated rings. The van der Waals surface area contributed by atoms with Crippen LogP contribution in [0.2, 0.25) is 0 Å². The molecule has 1 N–H and O–H groups in total. The van der Waals surface area contributed by atoms with Crippen LogP contribution in [0.1, 0.15) is 44.9 Å². The number of sulfonamides is 1. The van der Waals surface area contributed by atoms with Gasteiger partial charge >= 0.3 is 0 Å². The second kappa shape index (κ2) is 10.3. The molecule has 1 amide bonds. The van der Waals surface area contributed by atoms with Gasteiger partial charge < -0.3 is 10.1 Å². The molecule has 3 aromatic rings. The van der Waals surface area contributed by atoms with Gasteiger partial charge in [0.2, 0.25) is 5.91 Å². The monoisotopic (exact) mass is 480 g/mol. The number of nitrogens with one attached hydrogen (secondary N) is 1. The molecule has 0 unspecified atom stereocenters. The van der Waals surface area contributed by atoms with Crippen LogP contribution >= 0.6 is 0 Å². The Labute approximate surface area is 202 Å². The van der Waals surface area contributed by atoms with E-state index in [1.54, 1.807) is 42.5 Å². The van der Waals surface area contributed by atoms with Gasteiger partial charge in [0.15, 0.2) is 0 Å². The van der Waals surface area contributed by atoms with Crippen molar-refractivity contribution < 1.29 is 17.9 Å². The number of anilines is 1. The first-order chi connectivity index (χ1) is 16.0. The molecule has 1 atom stereocenters. The van der Waals surface area contributed by atoms with Crippen LogP contribution in [0.25, 0.3) is 0 Å². The standard InChI is InChI=1S/C27H32N2O4S/c1-20(21-11-13-22(14-12-21)27(2,3)4)28-26(30)19-29(23-15-17-24(33-5)18-16-23)34(31,32)25-9-7-6-8-10-25/h6-18,20H,19H2,1-5H3,(H,28,30)/t20-/m0/s1. The molecule has 0 aliphatic rings.